The van der Waals surface area contributed by atoms with E-state index in [0.717, 1.165) is 0 Å². The van der Waals surface area contributed by atoms with Crippen molar-refractivity contribution in [3.8, 4) is 5.69 Å². The first-order chi connectivity index (χ1) is 10.1. The van der Waals surface area contributed by atoms with Gasteiger partial charge < -0.3 is 4.90 Å². The Morgan fingerprint density at radius 3 is 2.71 bits per heavy atom. The minimum Gasteiger partial charge on any atom is -0.307 e. The van der Waals surface area contributed by atoms with Gasteiger partial charge in [0.2, 0.25) is 0 Å². The fourth-order valence-electron chi connectivity index (χ4n) is 1.58. The molecular weight excluding hydrogens is 275 g/mol. The van der Waals surface area contributed by atoms with Crippen molar-refractivity contribution in [1.29, 1.82) is 0 Å². The van der Waals surface area contributed by atoms with Crippen LogP contribution in [0.2, 0.25) is 0 Å². The lowest BCUT2D eigenvalue weighted by atomic mass is 10.3. The van der Waals surface area contributed by atoms with Gasteiger partial charge >= 0.3 is 0 Å². The van der Waals surface area contributed by atoms with Crippen molar-refractivity contribution in [2.24, 2.45) is 0 Å². The van der Waals surface area contributed by atoms with Crippen LogP contribution in [0.3, 0.4) is 0 Å². The molecule has 1 heterocycles. The van der Waals surface area contributed by atoms with Crippen molar-refractivity contribution in [3.63, 3.8) is 0 Å². The summed E-state index contributed by atoms with van der Waals surface area (Å²) in [6.07, 6.45) is 1.63. The molecule has 0 spiro atoms. The van der Waals surface area contributed by atoms with Crippen LogP contribution >= 0.6 is 0 Å². The quantitative estimate of drug-likeness (QED) is 0.643. The molecule has 0 saturated heterocycles. The van der Waals surface area contributed by atoms with Crippen LogP contribution in [0.1, 0.15) is 10.5 Å². The molecule has 1 amide bonds. The molecule has 0 atom stereocenters. The van der Waals surface area contributed by atoms with E-state index in [0.29, 0.717) is 18.8 Å². The van der Waals surface area contributed by atoms with E-state index >= 15 is 0 Å². The number of aromatic nitrogens is 2. The number of benzene rings is 1. The fraction of sp³-hybridized carbons (Fsp3) is 0.286. The molecule has 1 N–H and O–H groups in total. The predicted molar refractivity (Wildman–Crippen MR) is 75.5 cm³/mol. The van der Waals surface area contributed by atoms with E-state index in [4.69, 9.17) is 4.84 Å². The van der Waals surface area contributed by atoms with Crippen LogP contribution in [0.15, 0.2) is 36.5 Å². The number of hydroxylamine groups is 1. The maximum atomic E-state index is 12.9. The molecule has 7 heteroatoms. The summed E-state index contributed by atoms with van der Waals surface area (Å²) in [4.78, 5) is 18.8. The second kappa shape index (κ2) is 6.96. The Kier molecular flexibility index (Phi) is 5.02. The molecule has 0 radical (unpaired) electrons. The van der Waals surface area contributed by atoms with Gasteiger partial charge in [-0.05, 0) is 44.4 Å². The molecule has 2 aromatic rings. The van der Waals surface area contributed by atoms with E-state index < -0.39 is 5.91 Å². The Bertz CT molecular complexity index is 595. The monoisotopic (exact) mass is 292 g/mol. The third kappa shape index (κ3) is 4.37. The lowest BCUT2D eigenvalue weighted by Gasteiger charge is -2.09. The van der Waals surface area contributed by atoms with Crippen LogP contribution in [0.25, 0.3) is 5.69 Å². The van der Waals surface area contributed by atoms with E-state index in [1.807, 2.05) is 19.0 Å². The second-order valence-corrected chi connectivity index (χ2v) is 4.70. The number of rotatable bonds is 6. The average Bonchev–Trinajstić information content (AvgIpc) is 2.94. The van der Waals surface area contributed by atoms with Crippen molar-refractivity contribution in [2.75, 3.05) is 27.2 Å². The first-order valence-electron chi connectivity index (χ1n) is 6.45. The van der Waals surface area contributed by atoms with Gasteiger partial charge in [0.05, 0.1) is 12.3 Å². The minimum absolute atomic E-state index is 0.226. The number of carbonyl (C=O) groups excluding carboxylic acids is 1. The maximum Gasteiger partial charge on any atom is 0.295 e. The molecule has 2 rings (SSSR count). The van der Waals surface area contributed by atoms with Crippen molar-refractivity contribution in [3.05, 3.63) is 48.0 Å². The molecule has 0 aliphatic carbocycles. The van der Waals surface area contributed by atoms with E-state index in [1.165, 1.54) is 16.8 Å². The molecular formula is C14H17FN4O2. The van der Waals surface area contributed by atoms with Crippen molar-refractivity contribution in [1.82, 2.24) is 20.2 Å². The Labute approximate surface area is 122 Å². The largest absolute Gasteiger partial charge is 0.307 e. The average molecular weight is 292 g/mol. The van der Waals surface area contributed by atoms with Crippen LogP contribution in [0.4, 0.5) is 4.39 Å². The van der Waals surface area contributed by atoms with Crippen LogP contribution in [0.5, 0.6) is 0 Å². The van der Waals surface area contributed by atoms with Crippen molar-refractivity contribution in [2.45, 2.75) is 0 Å². The minimum atomic E-state index is -0.422. The van der Waals surface area contributed by atoms with Gasteiger partial charge in [0.1, 0.15) is 5.82 Å². The highest BCUT2D eigenvalue weighted by Gasteiger charge is 2.10. The third-order valence-corrected chi connectivity index (χ3v) is 2.72. The highest BCUT2D eigenvalue weighted by atomic mass is 19.1. The topological polar surface area (TPSA) is 59.4 Å². The zero-order valence-corrected chi connectivity index (χ0v) is 11.9. The summed E-state index contributed by atoms with van der Waals surface area (Å²) in [5, 5.41) is 4.12. The molecule has 0 unspecified atom stereocenters. The number of hydrogen-bond donors (Lipinski definition) is 1. The van der Waals surface area contributed by atoms with Crippen LogP contribution in [-0.4, -0.2) is 47.8 Å². The summed E-state index contributed by atoms with van der Waals surface area (Å²) in [5.74, 6) is -0.743. The van der Waals surface area contributed by atoms with Crippen molar-refractivity contribution >= 4 is 5.91 Å². The first-order valence-corrected chi connectivity index (χ1v) is 6.45. The third-order valence-electron chi connectivity index (χ3n) is 2.72. The lowest BCUT2D eigenvalue weighted by molar-refractivity contribution is 0.0258. The predicted octanol–water partition coefficient (Wildman–Crippen LogP) is 1.23. The van der Waals surface area contributed by atoms with E-state index in [9.17, 15) is 9.18 Å². The second-order valence-electron chi connectivity index (χ2n) is 4.70. The molecule has 0 aliphatic rings. The summed E-state index contributed by atoms with van der Waals surface area (Å²) in [7, 11) is 3.82. The molecule has 112 valence electrons. The van der Waals surface area contributed by atoms with Gasteiger partial charge in [-0.1, -0.05) is 0 Å². The van der Waals surface area contributed by atoms with E-state index in [-0.39, 0.29) is 11.5 Å². The van der Waals surface area contributed by atoms with E-state index in [2.05, 4.69) is 10.6 Å². The Hall–Kier alpha value is -2.25. The molecule has 0 saturated carbocycles. The zero-order chi connectivity index (χ0) is 15.2. The Balaban J connectivity index is 1.93. The smallest absolute Gasteiger partial charge is 0.295 e. The van der Waals surface area contributed by atoms with Gasteiger partial charge in [0.25, 0.3) is 5.91 Å². The van der Waals surface area contributed by atoms with E-state index in [1.54, 1.807) is 24.4 Å². The zero-order valence-electron chi connectivity index (χ0n) is 11.9. The van der Waals surface area contributed by atoms with Crippen LogP contribution in [0, 0.1) is 5.82 Å². The van der Waals surface area contributed by atoms with Crippen molar-refractivity contribution < 1.29 is 14.0 Å². The summed E-state index contributed by atoms with van der Waals surface area (Å²) in [5.41, 5.74) is 3.22. The number of amides is 1. The summed E-state index contributed by atoms with van der Waals surface area (Å²) >= 11 is 0. The number of likely N-dealkylation sites (N-methyl/N-ethyl adjacent to an activating group) is 1. The molecule has 0 aliphatic heterocycles. The van der Waals surface area contributed by atoms with Gasteiger partial charge in [-0.15, -0.1) is 0 Å². The normalized spacial score (nSPS) is 10.9. The van der Waals surface area contributed by atoms with Gasteiger partial charge in [0.15, 0.2) is 5.69 Å². The van der Waals surface area contributed by atoms with Crippen LogP contribution < -0.4 is 5.48 Å². The number of hydrogen-bond acceptors (Lipinski definition) is 4. The summed E-state index contributed by atoms with van der Waals surface area (Å²) in [6, 6.07) is 7.39. The highest BCUT2D eigenvalue weighted by molar-refractivity contribution is 5.91. The highest BCUT2D eigenvalue weighted by Crippen LogP contribution is 2.08. The lowest BCUT2D eigenvalue weighted by Crippen LogP contribution is -2.28. The van der Waals surface area contributed by atoms with Crippen LogP contribution in [-0.2, 0) is 4.84 Å². The molecule has 1 aromatic carbocycles. The van der Waals surface area contributed by atoms with Gasteiger partial charge in [-0.2, -0.15) is 5.10 Å². The number of halogens is 1. The Morgan fingerprint density at radius 1 is 1.33 bits per heavy atom. The SMILES string of the molecule is CN(C)CCONC(=O)c1ccn(-c2ccc(F)cc2)n1. The first kappa shape index (κ1) is 15.1. The van der Waals surface area contributed by atoms with Gasteiger partial charge in [0, 0.05) is 12.7 Å². The molecule has 0 fully saturated rings. The standard InChI is InChI=1S/C14H17FN4O2/c1-18(2)9-10-21-17-14(20)13-7-8-19(16-13)12-5-3-11(15)4-6-12/h3-8H,9-10H2,1-2H3,(H,17,20). The molecule has 6 nitrogen and oxygen atoms in total. The summed E-state index contributed by atoms with van der Waals surface area (Å²) in [6.45, 7) is 1.09. The van der Waals surface area contributed by atoms with Gasteiger partial charge in [-0.25, -0.2) is 14.6 Å². The maximum absolute atomic E-state index is 12.9. The molecule has 0 bridgehead atoms. The fourth-order valence-corrected chi connectivity index (χ4v) is 1.58. The number of carbonyl (C=O) groups is 1. The Morgan fingerprint density at radius 2 is 2.05 bits per heavy atom. The molecule has 1 aromatic heterocycles. The number of nitrogens with zero attached hydrogens (tertiary/aromatic N) is 3. The summed E-state index contributed by atoms with van der Waals surface area (Å²) < 4.78 is 14.3. The van der Waals surface area contributed by atoms with Gasteiger partial charge in [-0.3, -0.25) is 9.63 Å². The molecule has 21 heavy (non-hydrogen) atoms. The number of nitrogens with one attached hydrogen (secondary N) is 1.